The number of sulfonamides is 1. The maximum atomic E-state index is 14.9. The average Bonchev–Trinajstić information content (AvgIpc) is 3.37. The van der Waals surface area contributed by atoms with Gasteiger partial charge in [0.25, 0.3) is 0 Å². The normalized spacial score (nSPS) is 12.8. The van der Waals surface area contributed by atoms with Crippen molar-refractivity contribution < 1.29 is 21.6 Å². The van der Waals surface area contributed by atoms with E-state index in [0.717, 1.165) is 6.07 Å². The zero-order valence-electron chi connectivity index (χ0n) is 23.7. The Bertz CT molecular complexity index is 2230. The van der Waals surface area contributed by atoms with Crippen molar-refractivity contribution in [1.82, 2.24) is 24.5 Å². The molecule has 224 valence electrons. The molecule has 10 nitrogen and oxygen atoms in total. The Hall–Kier alpha value is -5.01. The van der Waals surface area contributed by atoms with Crippen LogP contribution in [0.2, 0.25) is 0 Å². The van der Waals surface area contributed by atoms with Gasteiger partial charge in [-0.05, 0) is 62.7 Å². The van der Waals surface area contributed by atoms with Gasteiger partial charge in [0, 0.05) is 11.6 Å². The molecule has 0 aliphatic heterocycles. The van der Waals surface area contributed by atoms with Crippen LogP contribution >= 0.6 is 0 Å². The van der Waals surface area contributed by atoms with Crippen LogP contribution in [0.4, 0.5) is 14.6 Å². The Balaban J connectivity index is 1.56. The molecule has 44 heavy (non-hydrogen) atoms. The molecule has 3 aromatic heterocycles. The Morgan fingerprint density at radius 3 is 2.36 bits per heavy atom. The van der Waals surface area contributed by atoms with Crippen molar-refractivity contribution in [1.29, 1.82) is 0 Å². The van der Waals surface area contributed by atoms with Crippen molar-refractivity contribution in [3.05, 3.63) is 101 Å². The van der Waals surface area contributed by atoms with E-state index in [1.54, 1.807) is 32.9 Å². The summed E-state index contributed by atoms with van der Waals surface area (Å²) < 4.78 is 64.7. The first-order chi connectivity index (χ1) is 21.0. The van der Waals surface area contributed by atoms with Crippen LogP contribution in [0.3, 0.4) is 0 Å². The summed E-state index contributed by atoms with van der Waals surface area (Å²) in [4.78, 5) is 22.4. The number of fused-ring (bicyclic) bond motifs is 2. The lowest BCUT2D eigenvalue weighted by atomic mass is 9.99. The van der Waals surface area contributed by atoms with Gasteiger partial charge in [0.2, 0.25) is 15.5 Å². The number of rotatable bonds is 7. The highest BCUT2D eigenvalue weighted by Crippen LogP contribution is 2.36. The van der Waals surface area contributed by atoms with Gasteiger partial charge in [0.15, 0.2) is 5.65 Å². The Morgan fingerprint density at radius 2 is 1.66 bits per heavy atom. The number of nitrogens with one attached hydrogen (secondary N) is 1. The fraction of sp³-hybridized carbons (Fsp3) is 0.161. The molecule has 3 heterocycles. The topological polar surface area (TPSA) is 146 Å². The van der Waals surface area contributed by atoms with Crippen molar-refractivity contribution in [2.24, 2.45) is 0 Å². The first kappa shape index (κ1) is 29.1. The lowest BCUT2D eigenvalue weighted by Gasteiger charge is -2.17. The largest absolute Gasteiger partial charge is 0.458 e. The zero-order valence-corrected chi connectivity index (χ0v) is 24.6. The summed E-state index contributed by atoms with van der Waals surface area (Å²) in [5, 5.41) is 4.90. The molecule has 0 saturated carbocycles. The van der Waals surface area contributed by atoms with Crippen LogP contribution < -0.4 is 15.9 Å². The highest BCUT2D eigenvalue weighted by atomic mass is 32.2. The van der Waals surface area contributed by atoms with Crippen LogP contribution in [0.15, 0.2) is 87.2 Å². The predicted molar refractivity (Wildman–Crippen MR) is 162 cm³/mol. The zero-order chi connectivity index (χ0) is 31.3. The fourth-order valence-corrected chi connectivity index (χ4v) is 6.43. The lowest BCUT2D eigenvalue weighted by molar-refractivity contribution is 0.445. The van der Waals surface area contributed by atoms with Gasteiger partial charge in [-0.2, -0.15) is 5.10 Å². The van der Waals surface area contributed by atoms with E-state index >= 15 is 0 Å². The quantitative estimate of drug-likeness (QED) is 0.242. The molecular formula is C31H26F2N6O4S. The van der Waals surface area contributed by atoms with Gasteiger partial charge in [-0.3, -0.25) is 4.79 Å². The molecule has 1 atom stereocenters. The van der Waals surface area contributed by atoms with Gasteiger partial charge in [0.05, 0.1) is 15.8 Å². The van der Waals surface area contributed by atoms with E-state index in [0.29, 0.717) is 22.3 Å². The van der Waals surface area contributed by atoms with Crippen molar-refractivity contribution in [2.75, 3.05) is 5.73 Å². The minimum Gasteiger partial charge on any atom is -0.458 e. The summed E-state index contributed by atoms with van der Waals surface area (Å²) in [5.74, 6) is -1.15. The van der Waals surface area contributed by atoms with E-state index in [4.69, 9.17) is 15.2 Å². The molecule has 0 radical (unpaired) electrons. The molecule has 13 heteroatoms. The number of benzene rings is 3. The summed E-state index contributed by atoms with van der Waals surface area (Å²) in [7, 11) is -3.73. The highest BCUT2D eigenvalue weighted by Gasteiger charge is 2.28. The van der Waals surface area contributed by atoms with Crippen molar-refractivity contribution >= 4 is 37.8 Å². The molecular weight excluding hydrogens is 590 g/mol. The van der Waals surface area contributed by atoms with Gasteiger partial charge < -0.3 is 10.2 Å². The van der Waals surface area contributed by atoms with Gasteiger partial charge in [-0.1, -0.05) is 30.3 Å². The SMILES string of the molecule is CC(C)NS(=O)(=O)c1ccc(-c2nn(C(C)c3oc4cccc(F)c4c(=O)c3-c3cccc(F)c3)c3ncnc(N)c23)cc1. The Morgan fingerprint density at radius 1 is 0.932 bits per heavy atom. The molecule has 3 aromatic carbocycles. The third-order valence-electron chi connectivity index (χ3n) is 7.10. The van der Waals surface area contributed by atoms with Crippen LogP contribution in [0.5, 0.6) is 0 Å². The van der Waals surface area contributed by atoms with E-state index in [1.165, 1.54) is 59.5 Å². The molecule has 1 unspecified atom stereocenters. The summed E-state index contributed by atoms with van der Waals surface area (Å²) in [6.07, 6.45) is 1.26. The third-order valence-corrected chi connectivity index (χ3v) is 8.78. The number of anilines is 1. The molecule has 0 fully saturated rings. The molecule has 0 amide bonds. The number of nitrogens with two attached hydrogens (primary N) is 1. The lowest BCUT2D eigenvalue weighted by Crippen LogP contribution is -2.30. The van der Waals surface area contributed by atoms with E-state index < -0.39 is 33.1 Å². The number of hydrogen-bond acceptors (Lipinski definition) is 8. The summed E-state index contributed by atoms with van der Waals surface area (Å²) in [5.41, 5.74) is 6.96. The monoisotopic (exact) mass is 616 g/mol. The number of nitrogen functional groups attached to an aromatic ring is 1. The van der Waals surface area contributed by atoms with Gasteiger partial charge in [-0.15, -0.1) is 0 Å². The average molecular weight is 617 g/mol. The number of halogens is 2. The molecule has 6 aromatic rings. The number of aromatic nitrogens is 4. The van der Waals surface area contributed by atoms with Crippen LogP contribution in [0.25, 0.3) is 44.4 Å². The Kier molecular flexibility index (Phi) is 7.22. The van der Waals surface area contributed by atoms with Crippen LogP contribution in [-0.4, -0.2) is 34.2 Å². The molecule has 0 aliphatic rings. The van der Waals surface area contributed by atoms with E-state index in [2.05, 4.69) is 14.7 Å². The standard InChI is InChI=1S/C31H26F2N6O4S/c1-16(2)38-44(41,42)21-12-10-18(11-13-21)27-26-30(34)35-15-36-31(26)39(37-27)17(3)29-24(19-6-4-7-20(32)14-19)28(40)25-22(33)8-5-9-23(25)43-29/h4-17,38H,1-3H3,(H2,34,35,36). The maximum absolute atomic E-state index is 14.9. The van der Waals surface area contributed by atoms with Gasteiger partial charge >= 0.3 is 0 Å². The molecule has 0 aliphatic carbocycles. The molecule has 0 bridgehead atoms. The number of nitrogens with zero attached hydrogens (tertiary/aromatic N) is 4. The summed E-state index contributed by atoms with van der Waals surface area (Å²) in [6.45, 7) is 5.15. The first-order valence-corrected chi connectivity index (χ1v) is 15.1. The molecule has 3 N–H and O–H groups in total. The highest BCUT2D eigenvalue weighted by molar-refractivity contribution is 7.89. The van der Waals surface area contributed by atoms with Crippen molar-refractivity contribution in [2.45, 2.75) is 37.8 Å². The van der Waals surface area contributed by atoms with Crippen LogP contribution in [-0.2, 0) is 10.0 Å². The smallest absolute Gasteiger partial charge is 0.240 e. The fourth-order valence-electron chi connectivity index (χ4n) is 5.18. The van der Waals surface area contributed by atoms with E-state index in [1.807, 2.05) is 0 Å². The Labute approximate surface area is 250 Å². The third kappa shape index (κ3) is 4.99. The van der Waals surface area contributed by atoms with E-state index in [9.17, 15) is 22.0 Å². The second-order valence-corrected chi connectivity index (χ2v) is 12.2. The first-order valence-electron chi connectivity index (χ1n) is 13.6. The molecule has 0 saturated heterocycles. The van der Waals surface area contributed by atoms with Crippen molar-refractivity contribution in [3.8, 4) is 22.4 Å². The second kappa shape index (κ2) is 10.9. The van der Waals surface area contributed by atoms with Gasteiger partial charge in [-0.25, -0.2) is 36.6 Å². The minimum absolute atomic E-state index is 0.00892. The van der Waals surface area contributed by atoms with Crippen molar-refractivity contribution in [3.63, 3.8) is 0 Å². The summed E-state index contributed by atoms with van der Waals surface area (Å²) >= 11 is 0. The number of hydrogen-bond donors (Lipinski definition) is 2. The summed E-state index contributed by atoms with van der Waals surface area (Å²) in [6, 6.07) is 14.4. The maximum Gasteiger partial charge on any atom is 0.240 e. The molecule has 6 rings (SSSR count). The second-order valence-electron chi connectivity index (χ2n) is 10.5. The predicted octanol–water partition coefficient (Wildman–Crippen LogP) is 5.42. The van der Waals surface area contributed by atoms with E-state index in [-0.39, 0.29) is 44.6 Å². The molecule has 0 spiro atoms. The van der Waals surface area contributed by atoms with Gasteiger partial charge in [0.1, 0.15) is 52.2 Å². The minimum atomic E-state index is -3.73. The van der Waals surface area contributed by atoms with Crippen LogP contribution in [0, 0.1) is 11.6 Å². The van der Waals surface area contributed by atoms with Crippen LogP contribution in [0.1, 0.15) is 32.6 Å².